The molecule has 0 aliphatic rings. The van der Waals surface area contributed by atoms with Gasteiger partial charge in [-0.05, 0) is 13.3 Å². The van der Waals surface area contributed by atoms with Gasteiger partial charge in [-0.3, -0.25) is 4.79 Å². The van der Waals surface area contributed by atoms with Crippen molar-refractivity contribution >= 4 is 14.0 Å². The minimum absolute atomic E-state index is 0.232. The fourth-order valence-corrected chi connectivity index (χ4v) is 1.46. The quantitative estimate of drug-likeness (QED) is 0.451. The molecular formula is C11H20O3Si. The number of carbonyl (C=O) groups is 1. The second-order valence-electron chi connectivity index (χ2n) is 4.38. The van der Waals surface area contributed by atoms with Crippen molar-refractivity contribution in [2.45, 2.75) is 45.5 Å². The van der Waals surface area contributed by atoms with Gasteiger partial charge < -0.3 is 9.84 Å². The maximum Gasteiger partial charge on any atom is 0.305 e. The second-order valence-corrected chi connectivity index (χ2v) is 9.13. The Bertz CT molecular complexity index is 257. The van der Waals surface area contributed by atoms with Crippen molar-refractivity contribution in [1.82, 2.24) is 0 Å². The Morgan fingerprint density at radius 2 is 2.07 bits per heavy atom. The smallest absolute Gasteiger partial charge is 0.305 e. The lowest BCUT2D eigenvalue weighted by Gasteiger charge is -2.06. The Morgan fingerprint density at radius 1 is 1.47 bits per heavy atom. The Balaban J connectivity index is 3.88. The Morgan fingerprint density at radius 3 is 2.53 bits per heavy atom. The molecule has 0 amide bonds. The first-order valence-electron chi connectivity index (χ1n) is 5.21. The molecule has 0 aromatic rings. The molecule has 0 aliphatic heterocycles. The highest BCUT2D eigenvalue weighted by Gasteiger charge is 2.10. The summed E-state index contributed by atoms with van der Waals surface area (Å²) in [6.07, 6.45) is -0.118. The number of hydrogen-bond acceptors (Lipinski definition) is 3. The van der Waals surface area contributed by atoms with Crippen LogP contribution in [0.4, 0.5) is 0 Å². The van der Waals surface area contributed by atoms with Gasteiger partial charge in [0.15, 0.2) is 0 Å². The first-order valence-corrected chi connectivity index (χ1v) is 8.71. The van der Waals surface area contributed by atoms with Gasteiger partial charge in [0.1, 0.15) is 14.2 Å². The van der Waals surface area contributed by atoms with Crippen LogP contribution < -0.4 is 0 Å². The van der Waals surface area contributed by atoms with Crippen LogP contribution >= 0.6 is 0 Å². The molecule has 0 radical (unpaired) electrons. The predicted molar refractivity (Wildman–Crippen MR) is 63.0 cm³/mol. The summed E-state index contributed by atoms with van der Waals surface area (Å²) in [5, 5.41) is 9.47. The van der Waals surface area contributed by atoms with Gasteiger partial charge in [-0.2, -0.15) is 0 Å². The van der Waals surface area contributed by atoms with Crippen LogP contribution in [-0.4, -0.2) is 31.9 Å². The van der Waals surface area contributed by atoms with Crippen molar-refractivity contribution in [1.29, 1.82) is 0 Å². The SMILES string of the molecule is CCOC(=O)CCC(O)C#C[Si](C)(C)C. The standard InChI is InChI=1S/C11H20O3Si/c1-5-14-11(13)7-6-10(12)8-9-15(2,3)4/h10,12H,5-7H2,1-4H3. The molecule has 0 fully saturated rings. The molecule has 0 rings (SSSR count). The van der Waals surface area contributed by atoms with Gasteiger partial charge in [-0.25, -0.2) is 0 Å². The molecule has 0 spiro atoms. The van der Waals surface area contributed by atoms with E-state index in [4.69, 9.17) is 4.74 Å². The van der Waals surface area contributed by atoms with Gasteiger partial charge >= 0.3 is 5.97 Å². The van der Waals surface area contributed by atoms with Crippen molar-refractivity contribution in [3.8, 4) is 11.5 Å². The van der Waals surface area contributed by atoms with Crippen LogP contribution in [0, 0.1) is 11.5 Å². The van der Waals surface area contributed by atoms with Crippen LogP contribution in [-0.2, 0) is 9.53 Å². The fraction of sp³-hybridized carbons (Fsp3) is 0.727. The van der Waals surface area contributed by atoms with Gasteiger partial charge in [-0.1, -0.05) is 25.6 Å². The largest absolute Gasteiger partial charge is 0.466 e. The van der Waals surface area contributed by atoms with E-state index in [-0.39, 0.29) is 12.4 Å². The van der Waals surface area contributed by atoms with Crippen molar-refractivity contribution in [3.63, 3.8) is 0 Å². The molecule has 3 nitrogen and oxygen atoms in total. The molecule has 1 atom stereocenters. The number of carbonyl (C=O) groups excluding carboxylic acids is 1. The second kappa shape index (κ2) is 6.65. The molecule has 1 N–H and O–H groups in total. The number of esters is 1. The minimum Gasteiger partial charge on any atom is -0.466 e. The fourth-order valence-electron chi connectivity index (χ4n) is 0.860. The Kier molecular flexibility index (Phi) is 6.30. The first-order chi connectivity index (χ1) is 6.85. The molecule has 1 unspecified atom stereocenters. The molecule has 0 heterocycles. The van der Waals surface area contributed by atoms with Crippen molar-refractivity contribution in [2.75, 3.05) is 6.61 Å². The van der Waals surface area contributed by atoms with E-state index in [1.165, 1.54) is 0 Å². The monoisotopic (exact) mass is 228 g/mol. The summed E-state index contributed by atoms with van der Waals surface area (Å²) in [6, 6.07) is 0. The van der Waals surface area contributed by atoms with E-state index in [0.29, 0.717) is 13.0 Å². The molecule has 0 saturated carbocycles. The van der Waals surface area contributed by atoms with E-state index in [2.05, 4.69) is 31.1 Å². The van der Waals surface area contributed by atoms with E-state index in [1.54, 1.807) is 6.92 Å². The Hall–Kier alpha value is -0.793. The van der Waals surface area contributed by atoms with Gasteiger partial charge in [0.25, 0.3) is 0 Å². The normalized spacial score (nSPS) is 12.6. The maximum atomic E-state index is 11.0. The summed E-state index contributed by atoms with van der Waals surface area (Å²) in [5.74, 6) is 2.51. The van der Waals surface area contributed by atoms with E-state index in [9.17, 15) is 9.90 Å². The van der Waals surface area contributed by atoms with Crippen LogP contribution in [0.15, 0.2) is 0 Å². The lowest BCUT2D eigenvalue weighted by molar-refractivity contribution is -0.143. The highest BCUT2D eigenvalue weighted by molar-refractivity contribution is 6.83. The molecule has 0 saturated heterocycles. The number of aliphatic hydroxyl groups is 1. The van der Waals surface area contributed by atoms with Crippen LogP contribution in [0.5, 0.6) is 0 Å². The van der Waals surface area contributed by atoms with E-state index < -0.39 is 14.2 Å². The van der Waals surface area contributed by atoms with Crippen molar-refractivity contribution in [2.24, 2.45) is 0 Å². The van der Waals surface area contributed by atoms with Crippen molar-refractivity contribution in [3.05, 3.63) is 0 Å². The zero-order valence-electron chi connectivity index (χ0n) is 9.96. The van der Waals surface area contributed by atoms with E-state index in [0.717, 1.165) is 0 Å². The lowest BCUT2D eigenvalue weighted by Crippen LogP contribution is -2.18. The van der Waals surface area contributed by atoms with E-state index in [1.807, 2.05) is 0 Å². The highest BCUT2D eigenvalue weighted by Crippen LogP contribution is 2.01. The summed E-state index contributed by atoms with van der Waals surface area (Å²) in [4.78, 5) is 11.0. The summed E-state index contributed by atoms with van der Waals surface area (Å²) in [5.41, 5.74) is 3.06. The third-order valence-corrected chi connectivity index (χ3v) is 2.44. The predicted octanol–water partition coefficient (Wildman–Crippen LogP) is 1.57. The molecule has 0 aliphatic carbocycles. The zero-order valence-corrected chi connectivity index (χ0v) is 11.0. The lowest BCUT2D eigenvalue weighted by atomic mass is 10.2. The summed E-state index contributed by atoms with van der Waals surface area (Å²) < 4.78 is 4.75. The van der Waals surface area contributed by atoms with E-state index >= 15 is 0 Å². The summed E-state index contributed by atoms with van der Waals surface area (Å²) >= 11 is 0. The molecule has 4 heteroatoms. The first kappa shape index (κ1) is 14.2. The summed E-state index contributed by atoms with van der Waals surface area (Å²) in [6.45, 7) is 8.48. The molecule has 0 bridgehead atoms. The van der Waals surface area contributed by atoms with Crippen molar-refractivity contribution < 1.29 is 14.6 Å². The average molecular weight is 228 g/mol. The van der Waals surface area contributed by atoms with Gasteiger partial charge in [0, 0.05) is 6.42 Å². The van der Waals surface area contributed by atoms with Crippen LogP contribution in [0.3, 0.4) is 0 Å². The number of ether oxygens (including phenoxy) is 1. The molecule has 0 aromatic carbocycles. The minimum atomic E-state index is -1.43. The molecular weight excluding hydrogens is 208 g/mol. The molecule has 15 heavy (non-hydrogen) atoms. The highest BCUT2D eigenvalue weighted by atomic mass is 28.3. The number of hydrogen-bond donors (Lipinski definition) is 1. The van der Waals surface area contributed by atoms with Crippen LogP contribution in [0.2, 0.25) is 19.6 Å². The van der Waals surface area contributed by atoms with Crippen LogP contribution in [0.25, 0.3) is 0 Å². The topological polar surface area (TPSA) is 46.5 Å². The van der Waals surface area contributed by atoms with Gasteiger partial charge in [-0.15, -0.1) is 5.54 Å². The average Bonchev–Trinajstić information content (AvgIpc) is 2.11. The van der Waals surface area contributed by atoms with Gasteiger partial charge in [0.2, 0.25) is 0 Å². The summed E-state index contributed by atoms with van der Waals surface area (Å²) in [7, 11) is -1.43. The molecule has 0 aromatic heterocycles. The molecule has 86 valence electrons. The maximum absolute atomic E-state index is 11.0. The van der Waals surface area contributed by atoms with Crippen LogP contribution in [0.1, 0.15) is 19.8 Å². The number of aliphatic hydroxyl groups excluding tert-OH is 1. The van der Waals surface area contributed by atoms with Gasteiger partial charge in [0.05, 0.1) is 6.61 Å². The zero-order chi connectivity index (χ0) is 11.9. The third kappa shape index (κ3) is 9.51. The Labute approximate surface area is 92.8 Å². The third-order valence-electron chi connectivity index (χ3n) is 1.54. The number of rotatable bonds is 4.